The highest BCUT2D eigenvalue weighted by Gasteiger charge is 1.61. The van der Waals surface area contributed by atoms with Crippen molar-refractivity contribution < 1.29 is 0 Å². The Kier molecular flexibility index (Phi) is 7.08. The maximum absolute atomic E-state index is 3.94. The zero-order chi connectivity index (χ0) is 6.95. The smallest absolute Gasteiger partial charge is 0.0264 e. The van der Waals surface area contributed by atoms with E-state index < -0.39 is 0 Å². The largest absolute Gasteiger partial charge is 0.268 e. The first-order chi connectivity index (χ1) is 4.41. The second-order valence-corrected chi connectivity index (χ2v) is 1.75. The van der Waals surface area contributed by atoms with Gasteiger partial charge in [-0.2, -0.15) is 12.6 Å². The van der Waals surface area contributed by atoms with Gasteiger partial charge in [0.05, 0.1) is 0 Å². The van der Waals surface area contributed by atoms with Crippen LogP contribution in [-0.4, -0.2) is 12.0 Å². The fraction of sp³-hybridized carbons (Fsp3) is 0.286. The molecule has 0 aromatic carbocycles. The van der Waals surface area contributed by atoms with Crippen molar-refractivity contribution in [1.82, 2.24) is 0 Å². The van der Waals surface area contributed by atoms with Crippen LogP contribution in [0.3, 0.4) is 0 Å². The number of hydrogen-bond acceptors (Lipinski definition) is 2. The van der Waals surface area contributed by atoms with E-state index in [9.17, 15) is 0 Å². The van der Waals surface area contributed by atoms with Crippen molar-refractivity contribution in [3.8, 4) is 0 Å². The molecule has 0 rings (SSSR count). The van der Waals surface area contributed by atoms with Crippen LogP contribution in [0.15, 0.2) is 29.4 Å². The minimum absolute atomic E-state index is 0.695. The van der Waals surface area contributed by atoms with Crippen LogP contribution in [0.5, 0.6) is 0 Å². The molecule has 0 aliphatic carbocycles. The molecule has 0 radical (unpaired) electrons. The molecule has 1 nitrogen and oxygen atoms in total. The molecule has 0 aromatic heterocycles. The molecule has 0 aliphatic heterocycles. The van der Waals surface area contributed by atoms with Crippen LogP contribution >= 0.6 is 12.6 Å². The van der Waals surface area contributed by atoms with Gasteiger partial charge in [-0.3, -0.25) is 4.99 Å². The number of nitrogens with zero attached hydrogens (tertiary/aromatic N) is 1. The van der Waals surface area contributed by atoms with Crippen LogP contribution < -0.4 is 0 Å². The Morgan fingerprint density at radius 1 is 1.44 bits per heavy atom. The second-order valence-electron chi connectivity index (χ2n) is 1.38. The molecule has 0 heterocycles. The van der Waals surface area contributed by atoms with Gasteiger partial charge in [0, 0.05) is 18.2 Å². The molecule has 0 N–H and O–H groups in total. The zero-order valence-electron chi connectivity index (χ0n) is 5.49. The van der Waals surface area contributed by atoms with E-state index in [4.69, 9.17) is 0 Å². The number of allylic oxidation sites excluding steroid dienone is 3. The number of aliphatic imine (C=N–C) groups is 1. The summed E-state index contributed by atoms with van der Waals surface area (Å²) < 4.78 is 0. The molecule has 2 heteroatoms. The summed E-state index contributed by atoms with van der Waals surface area (Å²) in [6.45, 7) is 1.96. The Balaban J connectivity index is 3.35. The fourth-order valence-corrected chi connectivity index (χ4v) is 0.413. The van der Waals surface area contributed by atoms with E-state index in [1.165, 1.54) is 0 Å². The predicted octanol–water partition coefficient (Wildman–Crippen LogP) is 2.08. The fourth-order valence-electron chi connectivity index (χ4n) is 0.318. The summed E-state index contributed by atoms with van der Waals surface area (Å²) in [6.07, 6.45) is 9.22. The molecule has 9 heavy (non-hydrogen) atoms. The minimum atomic E-state index is 0.695. The first kappa shape index (κ1) is 8.50. The van der Waals surface area contributed by atoms with Gasteiger partial charge in [-0.05, 0) is 13.0 Å². The van der Waals surface area contributed by atoms with Crippen molar-refractivity contribution in [2.24, 2.45) is 4.99 Å². The molecule has 0 fully saturated rings. The van der Waals surface area contributed by atoms with Gasteiger partial charge < -0.3 is 0 Å². The number of rotatable bonds is 3. The molecule has 50 valence electrons. The summed E-state index contributed by atoms with van der Waals surface area (Å²) in [5.74, 6) is 0.695. The lowest BCUT2D eigenvalue weighted by Gasteiger charge is -1.73. The third-order valence-corrected chi connectivity index (χ3v) is 0.826. The third kappa shape index (κ3) is 7.50. The summed E-state index contributed by atoms with van der Waals surface area (Å²) in [6, 6.07) is 0. The van der Waals surface area contributed by atoms with Gasteiger partial charge in [-0.1, -0.05) is 12.2 Å². The molecule has 0 atom stereocenters. The quantitative estimate of drug-likeness (QED) is 0.351. The molecule has 0 unspecified atom stereocenters. The second kappa shape index (κ2) is 7.50. The van der Waals surface area contributed by atoms with Crippen LogP contribution in [0.1, 0.15) is 6.92 Å². The molecule has 0 bridgehead atoms. The molecular weight excluding hydrogens is 130 g/mol. The van der Waals surface area contributed by atoms with Crippen LogP contribution in [0.25, 0.3) is 0 Å². The van der Waals surface area contributed by atoms with Crippen molar-refractivity contribution in [3.63, 3.8) is 0 Å². The summed E-state index contributed by atoms with van der Waals surface area (Å²) in [7, 11) is 0. The normalized spacial score (nSPS) is 12.7. The van der Waals surface area contributed by atoms with Crippen molar-refractivity contribution in [2.75, 3.05) is 5.75 Å². The van der Waals surface area contributed by atoms with Crippen LogP contribution in [-0.2, 0) is 0 Å². The van der Waals surface area contributed by atoms with E-state index in [2.05, 4.69) is 17.6 Å². The Labute approximate surface area is 61.6 Å². The molecule has 0 amide bonds. The highest BCUT2D eigenvalue weighted by molar-refractivity contribution is 7.80. The maximum Gasteiger partial charge on any atom is 0.0264 e. The SMILES string of the molecule is C\C=C/C=C\N=C\CS. The topological polar surface area (TPSA) is 12.4 Å². The Hall–Kier alpha value is -0.500. The average Bonchev–Trinajstić information content (AvgIpc) is 1.89. The van der Waals surface area contributed by atoms with Crippen LogP contribution in [0.2, 0.25) is 0 Å². The lowest BCUT2D eigenvalue weighted by atomic mass is 10.5. The van der Waals surface area contributed by atoms with Crippen molar-refractivity contribution in [1.29, 1.82) is 0 Å². The third-order valence-electron chi connectivity index (χ3n) is 0.663. The lowest BCUT2D eigenvalue weighted by molar-refractivity contribution is 1.57. The summed E-state index contributed by atoms with van der Waals surface area (Å²) in [5, 5.41) is 0. The zero-order valence-corrected chi connectivity index (χ0v) is 6.38. The van der Waals surface area contributed by atoms with Gasteiger partial charge in [0.25, 0.3) is 0 Å². The Bertz CT molecular complexity index is 125. The number of hydrogen-bond donors (Lipinski definition) is 1. The first-order valence-corrected chi connectivity index (χ1v) is 3.45. The van der Waals surface area contributed by atoms with Crippen molar-refractivity contribution in [3.05, 3.63) is 24.4 Å². The molecule has 0 aliphatic rings. The van der Waals surface area contributed by atoms with E-state index in [0.29, 0.717) is 5.75 Å². The first-order valence-electron chi connectivity index (χ1n) is 2.82. The standard InChI is InChI=1S/C7H11NS/c1-2-3-4-5-8-6-7-9/h2-6,9H,7H2,1H3/b3-2-,5-4-,8-6+. The molecule has 0 saturated carbocycles. The van der Waals surface area contributed by atoms with Crippen molar-refractivity contribution in [2.45, 2.75) is 6.92 Å². The van der Waals surface area contributed by atoms with Gasteiger partial charge in [0.1, 0.15) is 0 Å². The Morgan fingerprint density at radius 2 is 2.22 bits per heavy atom. The monoisotopic (exact) mass is 141 g/mol. The predicted molar refractivity (Wildman–Crippen MR) is 46.3 cm³/mol. The van der Waals surface area contributed by atoms with Gasteiger partial charge in [-0.15, -0.1) is 0 Å². The van der Waals surface area contributed by atoms with Crippen LogP contribution in [0.4, 0.5) is 0 Å². The molecular formula is C7H11NS. The van der Waals surface area contributed by atoms with Crippen molar-refractivity contribution >= 4 is 18.8 Å². The van der Waals surface area contributed by atoms with Gasteiger partial charge >= 0.3 is 0 Å². The van der Waals surface area contributed by atoms with E-state index in [0.717, 1.165) is 0 Å². The van der Waals surface area contributed by atoms with Crippen LogP contribution in [0, 0.1) is 0 Å². The summed E-state index contributed by atoms with van der Waals surface area (Å²) >= 11 is 3.94. The van der Waals surface area contributed by atoms with E-state index in [-0.39, 0.29) is 0 Å². The van der Waals surface area contributed by atoms with Gasteiger partial charge in [0.15, 0.2) is 0 Å². The summed E-state index contributed by atoms with van der Waals surface area (Å²) in [4.78, 5) is 3.89. The Morgan fingerprint density at radius 3 is 2.78 bits per heavy atom. The molecule has 0 aromatic rings. The van der Waals surface area contributed by atoms with Gasteiger partial charge in [0.2, 0.25) is 0 Å². The number of thiol groups is 1. The lowest BCUT2D eigenvalue weighted by Crippen LogP contribution is -1.68. The van der Waals surface area contributed by atoms with E-state index in [1.54, 1.807) is 12.4 Å². The molecule has 0 spiro atoms. The highest BCUT2D eigenvalue weighted by Crippen LogP contribution is 1.77. The summed E-state index contributed by atoms with van der Waals surface area (Å²) in [5.41, 5.74) is 0. The van der Waals surface area contributed by atoms with E-state index >= 15 is 0 Å². The highest BCUT2D eigenvalue weighted by atomic mass is 32.1. The average molecular weight is 141 g/mol. The van der Waals surface area contributed by atoms with Gasteiger partial charge in [-0.25, -0.2) is 0 Å². The maximum atomic E-state index is 3.94. The molecule has 0 saturated heterocycles. The van der Waals surface area contributed by atoms with E-state index in [1.807, 2.05) is 25.2 Å². The minimum Gasteiger partial charge on any atom is -0.268 e.